The van der Waals surface area contributed by atoms with Crippen LogP contribution >= 0.6 is 0 Å². The van der Waals surface area contributed by atoms with Crippen LogP contribution in [-0.4, -0.2) is 16.6 Å². The second-order valence-corrected chi connectivity index (χ2v) is 3.90. The minimum Gasteiger partial charge on any atom is -0.490 e. The number of ether oxygens (including phenoxy) is 1. The van der Waals surface area contributed by atoms with E-state index in [1.807, 2.05) is 44.2 Å². The first-order valence-electron chi connectivity index (χ1n) is 6.06. The van der Waals surface area contributed by atoms with Gasteiger partial charge in [0.25, 0.3) is 0 Å². The number of aromatic nitrogens is 2. The van der Waals surface area contributed by atoms with E-state index in [9.17, 15) is 0 Å². The first-order chi connectivity index (χ1) is 8.81. The SMILES string of the molecule is CCOc1cccnc1NC(C)c1ccccn1. The molecule has 94 valence electrons. The molecule has 0 fully saturated rings. The van der Waals surface area contributed by atoms with E-state index in [4.69, 9.17) is 4.74 Å². The highest BCUT2D eigenvalue weighted by molar-refractivity contribution is 5.50. The summed E-state index contributed by atoms with van der Waals surface area (Å²) in [5.74, 6) is 1.51. The van der Waals surface area contributed by atoms with E-state index < -0.39 is 0 Å². The lowest BCUT2D eigenvalue weighted by Gasteiger charge is -2.16. The lowest BCUT2D eigenvalue weighted by molar-refractivity contribution is 0.340. The minimum atomic E-state index is 0.0836. The van der Waals surface area contributed by atoms with Crippen molar-refractivity contribution in [3.63, 3.8) is 0 Å². The molecule has 0 amide bonds. The maximum atomic E-state index is 5.53. The number of nitrogens with zero attached hydrogens (tertiary/aromatic N) is 2. The average molecular weight is 243 g/mol. The van der Waals surface area contributed by atoms with Crippen LogP contribution in [0.15, 0.2) is 42.7 Å². The smallest absolute Gasteiger partial charge is 0.169 e. The molecule has 0 radical (unpaired) electrons. The van der Waals surface area contributed by atoms with Gasteiger partial charge in [-0.2, -0.15) is 0 Å². The van der Waals surface area contributed by atoms with Crippen LogP contribution in [0, 0.1) is 0 Å². The number of nitrogens with one attached hydrogen (secondary N) is 1. The van der Waals surface area contributed by atoms with Crippen LogP contribution in [0.3, 0.4) is 0 Å². The first kappa shape index (κ1) is 12.4. The van der Waals surface area contributed by atoms with Crippen molar-refractivity contribution in [3.8, 4) is 5.75 Å². The molecule has 0 bridgehead atoms. The summed E-state index contributed by atoms with van der Waals surface area (Å²) in [5, 5.41) is 3.31. The van der Waals surface area contributed by atoms with Crippen molar-refractivity contribution in [3.05, 3.63) is 48.4 Å². The summed E-state index contributed by atoms with van der Waals surface area (Å²) in [5.41, 5.74) is 0.977. The Morgan fingerprint density at radius 3 is 2.72 bits per heavy atom. The third-order valence-corrected chi connectivity index (χ3v) is 2.56. The Labute approximate surface area is 107 Å². The summed E-state index contributed by atoms with van der Waals surface area (Å²) in [4.78, 5) is 8.62. The third kappa shape index (κ3) is 2.97. The van der Waals surface area contributed by atoms with Gasteiger partial charge in [0, 0.05) is 12.4 Å². The van der Waals surface area contributed by atoms with Crippen LogP contribution in [0.4, 0.5) is 5.82 Å². The number of anilines is 1. The summed E-state index contributed by atoms with van der Waals surface area (Å²) in [7, 11) is 0. The van der Waals surface area contributed by atoms with Crippen molar-refractivity contribution in [2.45, 2.75) is 19.9 Å². The molecule has 2 aromatic heterocycles. The fourth-order valence-corrected chi connectivity index (χ4v) is 1.68. The molecule has 0 aliphatic heterocycles. The predicted molar refractivity (Wildman–Crippen MR) is 71.7 cm³/mol. The van der Waals surface area contributed by atoms with Gasteiger partial charge in [0.15, 0.2) is 11.6 Å². The molecule has 0 aliphatic carbocycles. The summed E-state index contributed by atoms with van der Waals surface area (Å²) < 4.78 is 5.53. The van der Waals surface area contributed by atoms with Gasteiger partial charge < -0.3 is 10.1 Å². The van der Waals surface area contributed by atoms with Crippen molar-refractivity contribution in [1.29, 1.82) is 0 Å². The topological polar surface area (TPSA) is 47.0 Å². The van der Waals surface area contributed by atoms with Crippen LogP contribution in [-0.2, 0) is 0 Å². The summed E-state index contributed by atoms with van der Waals surface area (Å²) in [6.45, 7) is 4.63. The van der Waals surface area contributed by atoms with E-state index in [1.54, 1.807) is 12.4 Å². The van der Waals surface area contributed by atoms with Gasteiger partial charge in [-0.3, -0.25) is 4.98 Å². The summed E-state index contributed by atoms with van der Waals surface area (Å²) >= 11 is 0. The van der Waals surface area contributed by atoms with Crippen molar-refractivity contribution in [2.24, 2.45) is 0 Å². The molecule has 0 spiro atoms. The molecule has 0 saturated carbocycles. The standard InChI is InChI=1S/C14H17N3O/c1-3-18-13-8-6-10-16-14(13)17-11(2)12-7-4-5-9-15-12/h4-11H,3H2,1-2H3,(H,16,17). The molecular weight excluding hydrogens is 226 g/mol. The van der Waals surface area contributed by atoms with E-state index in [-0.39, 0.29) is 6.04 Å². The van der Waals surface area contributed by atoms with E-state index in [0.717, 1.165) is 17.3 Å². The van der Waals surface area contributed by atoms with Crippen molar-refractivity contribution >= 4 is 5.82 Å². The normalized spacial score (nSPS) is 11.9. The first-order valence-corrected chi connectivity index (χ1v) is 6.06. The molecule has 1 N–H and O–H groups in total. The molecule has 2 aromatic rings. The largest absolute Gasteiger partial charge is 0.490 e. The van der Waals surface area contributed by atoms with Crippen molar-refractivity contribution in [1.82, 2.24) is 9.97 Å². The van der Waals surface area contributed by atoms with Crippen LogP contribution in [0.2, 0.25) is 0 Å². The Kier molecular flexibility index (Phi) is 4.12. The van der Waals surface area contributed by atoms with Crippen LogP contribution in [0.25, 0.3) is 0 Å². The number of hydrogen-bond donors (Lipinski definition) is 1. The second-order valence-electron chi connectivity index (χ2n) is 3.90. The molecule has 18 heavy (non-hydrogen) atoms. The molecule has 2 heterocycles. The molecule has 1 atom stereocenters. The zero-order valence-electron chi connectivity index (χ0n) is 10.6. The Morgan fingerprint density at radius 2 is 2.00 bits per heavy atom. The Hall–Kier alpha value is -2.10. The second kappa shape index (κ2) is 6.00. The van der Waals surface area contributed by atoms with E-state index in [1.165, 1.54) is 0 Å². The third-order valence-electron chi connectivity index (χ3n) is 2.56. The monoisotopic (exact) mass is 243 g/mol. The van der Waals surface area contributed by atoms with Gasteiger partial charge in [-0.25, -0.2) is 4.98 Å². The Balaban J connectivity index is 2.14. The maximum Gasteiger partial charge on any atom is 0.169 e. The maximum absolute atomic E-state index is 5.53. The highest BCUT2D eigenvalue weighted by atomic mass is 16.5. The van der Waals surface area contributed by atoms with Gasteiger partial charge in [0.1, 0.15) is 0 Å². The fourth-order valence-electron chi connectivity index (χ4n) is 1.68. The molecule has 0 saturated heterocycles. The van der Waals surface area contributed by atoms with Crippen LogP contribution in [0.1, 0.15) is 25.6 Å². The molecule has 0 aliphatic rings. The van der Waals surface area contributed by atoms with E-state index in [2.05, 4.69) is 15.3 Å². The number of hydrogen-bond acceptors (Lipinski definition) is 4. The van der Waals surface area contributed by atoms with Crippen molar-refractivity contribution in [2.75, 3.05) is 11.9 Å². The quantitative estimate of drug-likeness (QED) is 0.876. The number of pyridine rings is 2. The molecular formula is C14H17N3O. The highest BCUT2D eigenvalue weighted by Gasteiger charge is 2.10. The van der Waals surface area contributed by atoms with Crippen LogP contribution in [0.5, 0.6) is 5.75 Å². The molecule has 0 aromatic carbocycles. The van der Waals surface area contributed by atoms with Gasteiger partial charge in [0.2, 0.25) is 0 Å². The van der Waals surface area contributed by atoms with E-state index in [0.29, 0.717) is 6.61 Å². The van der Waals surface area contributed by atoms with Gasteiger partial charge in [-0.05, 0) is 38.1 Å². The van der Waals surface area contributed by atoms with Gasteiger partial charge >= 0.3 is 0 Å². The summed E-state index contributed by atoms with van der Waals surface area (Å²) in [6.07, 6.45) is 3.53. The van der Waals surface area contributed by atoms with Gasteiger partial charge in [-0.15, -0.1) is 0 Å². The molecule has 2 rings (SSSR count). The van der Waals surface area contributed by atoms with Crippen molar-refractivity contribution < 1.29 is 4.74 Å². The molecule has 1 unspecified atom stereocenters. The Bertz CT molecular complexity index is 487. The fraction of sp³-hybridized carbons (Fsp3) is 0.286. The molecule has 4 heteroatoms. The zero-order chi connectivity index (χ0) is 12.8. The lowest BCUT2D eigenvalue weighted by atomic mass is 10.2. The number of rotatable bonds is 5. The minimum absolute atomic E-state index is 0.0836. The van der Waals surface area contributed by atoms with Gasteiger partial charge in [-0.1, -0.05) is 6.07 Å². The lowest BCUT2D eigenvalue weighted by Crippen LogP contribution is -2.10. The van der Waals surface area contributed by atoms with Gasteiger partial charge in [0.05, 0.1) is 18.3 Å². The zero-order valence-corrected chi connectivity index (χ0v) is 10.6. The average Bonchev–Trinajstić information content (AvgIpc) is 2.42. The highest BCUT2D eigenvalue weighted by Crippen LogP contribution is 2.24. The molecule has 4 nitrogen and oxygen atoms in total. The Morgan fingerprint density at radius 1 is 1.17 bits per heavy atom. The summed E-state index contributed by atoms with van der Waals surface area (Å²) in [6, 6.07) is 9.72. The van der Waals surface area contributed by atoms with E-state index >= 15 is 0 Å². The van der Waals surface area contributed by atoms with Crippen LogP contribution < -0.4 is 10.1 Å². The predicted octanol–water partition coefficient (Wildman–Crippen LogP) is 3.05.